The van der Waals surface area contributed by atoms with E-state index in [1.807, 2.05) is 77.9 Å². The number of rotatable bonds is 6. The SMILES string of the molecule is CC.CC(C)(C)OC=O.CC(CCC=O)NC(=O)CN.CN.c1ccccc1. The van der Waals surface area contributed by atoms with E-state index in [1.165, 1.54) is 7.05 Å². The van der Waals surface area contributed by atoms with E-state index in [1.54, 1.807) is 0 Å². The molecule has 28 heavy (non-hydrogen) atoms. The Morgan fingerprint density at radius 1 is 1.04 bits per heavy atom. The lowest BCUT2D eigenvalue weighted by molar-refractivity contribution is -0.138. The minimum absolute atomic E-state index is 0.00539. The van der Waals surface area contributed by atoms with Gasteiger partial charge in [0.25, 0.3) is 6.47 Å². The molecule has 1 atom stereocenters. The standard InChI is InChI=1S/C7H14N2O2.C6H6.C5H10O2.C2H6.CH5N/c1-6(3-2-4-10)9-7(11)5-8;1-2-4-6-5-3-1;1-5(2,3)7-4-6;2*1-2/h4,6H,2-3,5,8H2,1H3,(H,9,11);1-6H;4H,1-3H3;1-2H3;2H2,1H3. The number of carbonyl (C=O) groups is 3. The smallest absolute Gasteiger partial charge is 0.293 e. The van der Waals surface area contributed by atoms with Crippen LogP contribution in [-0.4, -0.2) is 43.9 Å². The van der Waals surface area contributed by atoms with Crippen molar-refractivity contribution in [3.8, 4) is 0 Å². The maximum absolute atomic E-state index is 10.7. The molecule has 0 spiro atoms. The topological polar surface area (TPSA) is 125 Å². The highest BCUT2D eigenvalue weighted by atomic mass is 16.5. The molecular weight excluding hydrogens is 358 g/mol. The molecule has 1 rings (SSSR count). The van der Waals surface area contributed by atoms with Gasteiger partial charge in [0, 0.05) is 12.5 Å². The van der Waals surface area contributed by atoms with Gasteiger partial charge in [0.1, 0.15) is 11.9 Å². The number of aldehydes is 1. The Balaban J connectivity index is -0.000000147. The van der Waals surface area contributed by atoms with E-state index < -0.39 is 0 Å². The zero-order valence-electron chi connectivity index (χ0n) is 18.6. The minimum Gasteiger partial charge on any atom is -0.462 e. The van der Waals surface area contributed by atoms with Gasteiger partial charge in [0.15, 0.2) is 0 Å². The molecule has 7 heteroatoms. The highest BCUT2D eigenvalue weighted by molar-refractivity contribution is 5.78. The molecule has 0 aromatic heterocycles. The molecule has 5 N–H and O–H groups in total. The third-order valence-electron chi connectivity index (χ3n) is 2.38. The average molecular weight is 400 g/mol. The Morgan fingerprint density at radius 3 is 1.64 bits per heavy atom. The Hall–Kier alpha value is -2.25. The third-order valence-corrected chi connectivity index (χ3v) is 2.38. The van der Waals surface area contributed by atoms with Gasteiger partial charge in [-0.3, -0.25) is 9.59 Å². The van der Waals surface area contributed by atoms with Crippen molar-refractivity contribution in [3.05, 3.63) is 36.4 Å². The molecule has 1 aromatic carbocycles. The molecule has 0 saturated carbocycles. The second-order valence-corrected chi connectivity index (χ2v) is 5.90. The van der Waals surface area contributed by atoms with Crippen LogP contribution in [0.15, 0.2) is 36.4 Å². The first-order valence-electron chi connectivity index (χ1n) is 9.39. The number of hydrogen-bond donors (Lipinski definition) is 3. The van der Waals surface area contributed by atoms with Gasteiger partial charge >= 0.3 is 0 Å². The van der Waals surface area contributed by atoms with Gasteiger partial charge in [-0.1, -0.05) is 50.2 Å². The maximum atomic E-state index is 10.7. The number of nitrogens with one attached hydrogen (secondary N) is 1. The van der Waals surface area contributed by atoms with Crippen LogP contribution in [0.5, 0.6) is 0 Å². The molecule has 1 amide bonds. The van der Waals surface area contributed by atoms with Crippen molar-refractivity contribution in [2.75, 3.05) is 13.6 Å². The van der Waals surface area contributed by atoms with E-state index >= 15 is 0 Å². The maximum Gasteiger partial charge on any atom is 0.293 e. The molecule has 0 radical (unpaired) electrons. The lowest BCUT2D eigenvalue weighted by Gasteiger charge is -2.14. The largest absolute Gasteiger partial charge is 0.462 e. The predicted octanol–water partition coefficient (Wildman–Crippen LogP) is 2.67. The van der Waals surface area contributed by atoms with E-state index in [9.17, 15) is 14.4 Å². The summed E-state index contributed by atoms with van der Waals surface area (Å²) < 4.78 is 4.55. The molecule has 1 unspecified atom stereocenters. The lowest BCUT2D eigenvalue weighted by atomic mass is 10.2. The zero-order valence-corrected chi connectivity index (χ0v) is 18.6. The summed E-state index contributed by atoms with van der Waals surface area (Å²) >= 11 is 0. The molecule has 1 aromatic rings. The molecular formula is C21H41N3O4. The van der Waals surface area contributed by atoms with Gasteiger partial charge in [0.2, 0.25) is 5.91 Å². The lowest BCUT2D eigenvalue weighted by Crippen LogP contribution is -2.36. The molecule has 0 saturated heterocycles. The molecule has 0 bridgehead atoms. The highest BCUT2D eigenvalue weighted by Gasteiger charge is 2.07. The van der Waals surface area contributed by atoms with Crippen LogP contribution in [0.2, 0.25) is 0 Å². The van der Waals surface area contributed by atoms with E-state index in [0.717, 1.165) is 6.29 Å². The summed E-state index contributed by atoms with van der Waals surface area (Å²) in [5.74, 6) is -0.177. The summed E-state index contributed by atoms with van der Waals surface area (Å²) in [5, 5.41) is 2.64. The van der Waals surface area contributed by atoms with Crippen LogP contribution in [-0.2, 0) is 19.1 Å². The molecule has 0 aliphatic heterocycles. The Labute approximate surface area is 171 Å². The van der Waals surface area contributed by atoms with Crippen LogP contribution in [0.3, 0.4) is 0 Å². The van der Waals surface area contributed by atoms with Crippen molar-refractivity contribution < 1.29 is 19.1 Å². The van der Waals surface area contributed by atoms with Crippen molar-refractivity contribution in [1.82, 2.24) is 5.32 Å². The predicted molar refractivity (Wildman–Crippen MR) is 117 cm³/mol. The summed E-state index contributed by atoms with van der Waals surface area (Å²) in [5.41, 5.74) is 9.25. The monoisotopic (exact) mass is 399 g/mol. The van der Waals surface area contributed by atoms with Crippen molar-refractivity contribution >= 4 is 18.7 Å². The molecule has 0 heterocycles. The van der Waals surface area contributed by atoms with E-state index in [0.29, 0.717) is 19.3 Å². The first-order valence-corrected chi connectivity index (χ1v) is 9.39. The van der Waals surface area contributed by atoms with E-state index in [2.05, 4.69) is 15.8 Å². The third kappa shape index (κ3) is 39.0. The van der Waals surface area contributed by atoms with Crippen molar-refractivity contribution in [2.45, 2.75) is 66.0 Å². The summed E-state index contributed by atoms with van der Waals surface area (Å²) in [6.45, 7) is 11.8. The van der Waals surface area contributed by atoms with E-state index in [-0.39, 0.29) is 24.1 Å². The van der Waals surface area contributed by atoms with Crippen LogP contribution < -0.4 is 16.8 Å². The fraction of sp³-hybridized carbons (Fsp3) is 0.571. The number of nitrogens with two attached hydrogens (primary N) is 2. The summed E-state index contributed by atoms with van der Waals surface area (Å²) in [4.78, 5) is 30.2. The van der Waals surface area contributed by atoms with Crippen LogP contribution in [0, 0.1) is 0 Å². The fourth-order valence-electron chi connectivity index (χ4n) is 1.25. The van der Waals surface area contributed by atoms with Gasteiger partial charge in [-0.15, -0.1) is 0 Å². The minimum atomic E-state index is -0.318. The Bertz CT molecular complexity index is 408. The number of benzene rings is 1. The zero-order chi connectivity index (χ0) is 22.8. The van der Waals surface area contributed by atoms with E-state index in [4.69, 9.17) is 5.73 Å². The van der Waals surface area contributed by atoms with Gasteiger partial charge in [-0.2, -0.15) is 0 Å². The van der Waals surface area contributed by atoms with Crippen molar-refractivity contribution in [1.29, 1.82) is 0 Å². The fourth-order valence-corrected chi connectivity index (χ4v) is 1.25. The second-order valence-electron chi connectivity index (χ2n) is 5.90. The molecule has 164 valence electrons. The number of ether oxygens (including phenoxy) is 1. The number of carbonyl (C=O) groups excluding carboxylic acids is 3. The Morgan fingerprint density at radius 2 is 1.43 bits per heavy atom. The molecule has 0 aliphatic rings. The summed E-state index contributed by atoms with van der Waals surface area (Å²) in [6.07, 6.45) is 1.99. The number of hydrogen-bond acceptors (Lipinski definition) is 6. The van der Waals surface area contributed by atoms with Gasteiger partial charge in [-0.25, -0.2) is 0 Å². The Kier molecular flexibility index (Phi) is 32.1. The quantitative estimate of drug-likeness (QED) is 0.632. The van der Waals surface area contributed by atoms with Gasteiger partial charge in [-0.05, 0) is 41.2 Å². The highest BCUT2D eigenvalue weighted by Crippen LogP contribution is 2.02. The molecule has 0 fully saturated rings. The average Bonchev–Trinajstić information content (AvgIpc) is 2.70. The first kappa shape index (κ1) is 33.3. The van der Waals surface area contributed by atoms with Crippen LogP contribution in [0.25, 0.3) is 0 Å². The van der Waals surface area contributed by atoms with Crippen LogP contribution >= 0.6 is 0 Å². The van der Waals surface area contributed by atoms with Crippen molar-refractivity contribution in [2.24, 2.45) is 11.5 Å². The summed E-state index contributed by atoms with van der Waals surface area (Å²) in [6, 6.07) is 12.0. The molecule has 7 nitrogen and oxygen atoms in total. The van der Waals surface area contributed by atoms with Crippen LogP contribution in [0.1, 0.15) is 54.4 Å². The first-order chi connectivity index (χ1) is 13.3. The van der Waals surface area contributed by atoms with Crippen molar-refractivity contribution in [3.63, 3.8) is 0 Å². The van der Waals surface area contributed by atoms with Crippen LogP contribution in [0.4, 0.5) is 0 Å². The molecule has 0 aliphatic carbocycles. The summed E-state index contributed by atoms with van der Waals surface area (Å²) in [7, 11) is 1.50. The number of amides is 1. The van der Waals surface area contributed by atoms with Gasteiger partial charge < -0.3 is 26.3 Å². The normalized spacial score (nSPS) is 9.61. The van der Waals surface area contributed by atoms with Gasteiger partial charge in [0.05, 0.1) is 6.54 Å². The second kappa shape index (κ2) is 27.0.